The maximum absolute atomic E-state index is 12.6. The predicted molar refractivity (Wildman–Crippen MR) is 80.6 cm³/mol. The van der Waals surface area contributed by atoms with Gasteiger partial charge in [0, 0.05) is 6.07 Å². The van der Waals surface area contributed by atoms with Crippen LogP contribution in [0.15, 0.2) is 30.4 Å². The number of amides is 1. The zero-order valence-corrected chi connectivity index (χ0v) is 12.7. The molecule has 2 N–H and O–H groups in total. The number of carbonyl (C=O) groups is 2. The number of carboxylic acids is 1. The van der Waals surface area contributed by atoms with Gasteiger partial charge >= 0.3 is 5.97 Å². The minimum atomic E-state index is -1.04. The normalized spacial score (nSPS) is 27.7. The molecule has 0 unspecified atom stereocenters. The molecule has 122 valence electrons. The Hall–Kier alpha value is -2.54. The average Bonchev–Trinajstić information content (AvgIpc) is 3.15. The Morgan fingerprint density at radius 3 is 2.43 bits per heavy atom. The van der Waals surface area contributed by atoms with Crippen molar-refractivity contribution in [1.82, 2.24) is 0 Å². The molecule has 0 aromatic heterocycles. The van der Waals surface area contributed by atoms with Crippen LogP contribution in [0, 0.1) is 11.8 Å². The van der Waals surface area contributed by atoms with Crippen molar-refractivity contribution in [3.8, 4) is 11.5 Å². The van der Waals surface area contributed by atoms with Crippen molar-refractivity contribution in [2.24, 2.45) is 11.8 Å². The molecule has 2 aliphatic rings. The number of fused-ring (bicyclic) bond motifs is 2. The third-order valence-corrected chi connectivity index (χ3v) is 4.15. The van der Waals surface area contributed by atoms with Gasteiger partial charge in [0.2, 0.25) is 5.91 Å². The summed E-state index contributed by atoms with van der Waals surface area (Å²) in [4.78, 5) is 24.0. The van der Waals surface area contributed by atoms with E-state index in [1.165, 1.54) is 14.2 Å². The Balaban J connectivity index is 1.84. The third kappa shape index (κ3) is 2.63. The molecule has 0 aliphatic carbocycles. The second-order valence-electron chi connectivity index (χ2n) is 5.40. The summed E-state index contributed by atoms with van der Waals surface area (Å²) in [7, 11) is 3.00. The van der Waals surface area contributed by atoms with E-state index in [0.717, 1.165) is 0 Å². The van der Waals surface area contributed by atoms with Gasteiger partial charge in [-0.15, -0.1) is 0 Å². The molecule has 1 aromatic rings. The number of ether oxygens (including phenoxy) is 3. The van der Waals surface area contributed by atoms with Gasteiger partial charge in [0.05, 0.1) is 38.0 Å². The van der Waals surface area contributed by atoms with Gasteiger partial charge < -0.3 is 24.6 Å². The molecule has 2 aliphatic heterocycles. The van der Waals surface area contributed by atoms with E-state index < -0.39 is 35.9 Å². The van der Waals surface area contributed by atoms with Crippen molar-refractivity contribution in [2.45, 2.75) is 12.2 Å². The zero-order valence-electron chi connectivity index (χ0n) is 12.7. The maximum atomic E-state index is 12.6. The summed E-state index contributed by atoms with van der Waals surface area (Å²) in [5.74, 6) is -2.11. The molecule has 1 fully saturated rings. The van der Waals surface area contributed by atoms with Crippen LogP contribution >= 0.6 is 0 Å². The SMILES string of the molecule is COc1ccc(OC)c(NC(=O)[C@@H]2[C@H](C(=O)O)[C@H]3C=C[C@H]2O3)c1. The summed E-state index contributed by atoms with van der Waals surface area (Å²) >= 11 is 0. The average molecular weight is 319 g/mol. The molecule has 1 saturated heterocycles. The first-order valence-corrected chi connectivity index (χ1v) is 7.14. The van der Waals surface area contributed by atoms with E-state index in [2.05, 4.69) is 5.32 Å². The van der Waals surface area contributed by atoms with Crippen LogP contribution in [-0.2, 0) is 14.3 Å². The number of anilines is 1. The molecule has 1 aromatic carbocycles. The number of aliphatic carboxylic acids is 1. The molecule has 2 bridgehead atoms. The topological polar surface area (TPSA) is 94.1 Å². The second-order valence-corrected chi connectivity index (χ2v) is 5.40. The van der Waals surface area contributed by atoms with E-state index in [1.807, 2.05) is 0 Å². The van der Waals surface area contributed by atoms with Crippen molar-refractivity contribution >= 4 is 17.6 Å². The lowest BCUT2D eigenvalue weighted by Gasteiger charge is -2.21. The van der Waals surface area contributed by atoms with Crippen LogP contribution in [0.5, 0.6) is 11.5 Å². The summed E-state index contributed by atoms with van der Waals surface area (Å²) in [5, 5.41) is 12.1. The standard InChI is InChI=1S/C16H17NO6/c1-21-8-3-4-10(22-2)9(7-8)17-15(18)13-11-5-6-12(23-11)14(13)16(19)20/h3-7,11-14H,1-2H3,(H,17,18)(H,19,20)/t11-,12-,13+,14-/m1/s1. The predicted octanol–water partition coefficient (Wildman–Crippen LogP) is 1.30. The van der Waals surface area contributed by atoms with Crippen molar-refractivity contribution in [3.05, 3.63) is 30.4 Å². The molecule has 1 amide bonds. The van der Waals surface area contributed by atoms with E-state index in [0.29, 0.717) is 17.2 Å². The van der Waals surface area contributed by atoms with Crippen LogP contribution in [0.4, 0.5) is 5.69 Å². The summed E-state index contributed by atoms with van der Waals surface area (Å²) in [6, 6.07) is 4.99. The molecule has 2 heterocycles. The van der Waals surface area contributed by atoms with E-state index in [4.69, 9.17) is 14.2 Å². The molecule has 23 heavy (non-hydrogen) atoms. The van der Waals surface area contributed by atoms with Crippen molar-refractivity contribution < 1.29 is 28.9 Å². The maximum Gasteiger partial charge on any atom is 0.310 e. The van der Waals surface area contributed by atoms with Crippen molar-refractivity contribution in [3.63, 3.8) is 0 Å². The lowest BCUT2D eigenvalue weighted by molar-refractivity contribution is -0.145. The van der Waals surface area contributed by atoms with Crippen molar-refractivity contribution in [2.75, 3.05) is 19.5 Å². The lowest BCUT2D eigenvalue weighted by Crippen LogP contribution is -2.39. The van der Waals surface area contributed by atoms with Crippen LogP contribution in [0.2, 0.25) is 0 Å². The van der Waals surface area contributed by atoms with Crippen molar-refractivity contribution in [1.29, 1.82) is 0 Å². The molecule has 7 nitrogen and oxygen atoms in total. The van der Waals surface area contributed by atoms with Gasteiger partial charge in [-0.05, 0) is 12.1 Å². The van der Waals surface area contributed by atoms with E-state index in [1.54, 1.807) is 30.4 Å². The molecule has 0 spiro atoms. The molecular weight excluding hydrogens is 302 g/mol. The fraction of sp³-hybridized carbons (Fsp3) is 0.375. The molecule has 4 atom stereocenters. The largest absolute Gasteiger partial charge is 0.497 e. The van der Waals surface area contributed by atoms with E-state index in [-0.39, 0.29) is 0 Å². The number of hydrogen-bond acceptors (Lipinski definition) is 5. The number of methoxy groups -OCH3 is 2. The van der Waals surface area contributed by atoms with Crippen LogP contribution in [0.3, 0.4) is 0 Å². The minimum Gasteiger partial charge on any atom is -0.497 e. The van der Waals surface area contributed by atoms with Gasteiger partial charge in [0.1, 0.15) is 17.4 Å². The summed E-state index contributed by atoms with van der Waals surface area (Å²) < 4.78 is 15.9. The lowest BCUT2D eigenvalue weighted by atomic mass is 9.82. The number of carboxylic acid groups (broad SMARTS) is 1. The fourth-order valence-corrected chi connectivity index (χ4v) is 3.04. The Labute approximate surface area is 132 Å². The highest BCUT2D eigenvalue weighted by molar-refractivity contribution is 5.97. The minimum absolute atomic E-state index is 0.416. The second kappa shape index (κ2) is 5.92. The highest BCUT2D eigenvalue weighted by atomic mass is 16.5. The van der Waals surface area contributed by atoms with E-state index >= 15 is 0 Å². The highest BCUT2D eigenvalue weighted by Gasteiger charge is 2.53. The molecule has 0 saturated carbocycles. The monoisotopic (exact) mass is 319 g/mol. The number of hydrogen-bond donors (Lipinski definition) is 2. The first-order chi connectivity index (χ1) is 11.0. The van der Waals surface area contributed by atoms with Gasteiger partial charge in [-0.25, -0.2) is 0 Å². The Kier molecular flexibility index (Phi) is 3.96. The van der Waals surface area contributed by atoms with Gasteiger partial charge in [-0.2, -0.15) is 0 Å². The van der Waals surface area contributed by atoms with Crippen LogP contribution in [0.25, 0.3) is 0 Å². The first kappa shape index (κ1) is 15.4. The van der Waals surface area contributed by atoms with Gasteiger partial charge in [0.15, 0.2) is 0 Å². The first-order valence-electron chi connectivity index (χ1n) is 7.14. The smallest absolute Gasteiger partial charge is 0.310 e. The quantitative estimate of drug-likeness (QED) is 0.795. The number of benzene rings is 1. The van der Waals surface area contributed by atoms with Crippen LogP contribution in [0.1, 0.15) is 0 Å². The molecule has 3 rings (SSSR count). The summed E-state index contributed by atoms with van der Waals surface area (Å²) in [6.07, 6.45) is 2.36. The zero-order chi connectivity index (χ0) is 16.6. The van der Waals surface area contributed by atoms with Gasteiger partial charge in [0.25, 0.3) is 0 Å². The summed E-state index contributed by atoms with van der Waals surface area (Å²) in [6.45, 7) is 0. The molecule has 7 heteroatoms. The van der Waals surface area contributed by atoms with E-state index in [9.17, 15) is 14.7 Å². The number of rotatable bonds is 5. The van der Waals surface area contributed by atoms with Crippen LogP contribution < -0.4 is 14.8 Å². The highest BCUT2D eigenvalue weighted by Crippen LogP contribution is 2.40. The Bertz CT molecular complexity index is 671. The Morgan fingerprint density at radius 1 is 1.13 bits per heavy atom. The molecule has 0 radical (unpaired) electrons. The number of carbonyl (C=O) groups excluding carboxylic acids is 1. The third-order valence-electron chi connectivity index (χ3n) is 4.15. The summed E-state index contributed by atoms with van der Waals surface area (Å²) in [5.41, 5.74) is 0.424. The number of nitrogens with one attached hydrogen (secondary N) is 1. The molecular formula is C16H17NO6. The van der Waals surface area contributed by atoms with Gasteiger partial charge in [-0.1, -0.05) is 12.2 Å². The van der Waals surface area contributed by atoms with Gasteiger partial charge in [-0.3, -0.25) is 9.59 Å². The van der Waals surface area contributed by atoms with Crippen LogP contribution in [-0.4, -0.2) is 43.4 Å². The fourth-order valence-electron chi connectivity index (χ4n) is 3.04. The Morgan fingerprint density at radius 2 is 1.83 bits per heavy atom.